The zero-order valence-electron chi connectivity index (χ0n) is 27.3. The molecule has 0 saturated carbocycles. The summed E-state index contributed by atoms with van der Waals surface area (Å²) in [5.41, 5.74) is 3.48. The highest BCUT2D eigenvalue weighted by Gasteiger charge is 2.47. The van der Waals surface area contributed by atoms with E-state index in [9.17, 15) is 9.59 Å². The Morgan fingerprint density at radius 1 is 0.681 bits per heavy atom. The molecule has 0 heterocycles. The summed E-state index contributed by atoms with van der Waals surface area (Å²) in [4.78, 5) is 28.5. The fourth-order valence-corrected chi connectivity index (χ4v) is 6.02. The van der Waals surface area contributed by atoms with Crippen molar-refractivity contribution < 1.29 is 38.0 Å². The number of fused-ring (bicyclic) bond motifs is 1. The first-order valence-corrected chi connectivity index (χ1v) is 15.1. The second-order valence-electron chi connectivity index (χ2n) is 11.0. The third-order valence-electron chi connectivity index (χ3n) is 8.35. The van der Waals surface area contributed by atoms with Gasteiger partial charge in [0, 0.05) is 17.4 Å². The number of benzene rings is 4. The van der Waals surface area contributed by atoms with Gasteiger partial charge in [-0.2, -0.15) is 0 Å². The van der Waals surface area contributed by atoms with Crippen molar-refractivity contribution in [3.05, 3.63) is 125 Å². The number of ether oxygens (including phenoxy) is 6. The van der Waals surface area contributed by atoms with Crippen LogP contribution in [0.15, 0.2) is 96.8 Å². The standard InChI is InChI=1S/C39H38O8/c1-24-35(39(41)47-28(19-26-15-11-8-12-16-26)18-17-25-13-9-7-10-14-25)36(27-20-33(44-4)38(46-6)34(21-27)45-5)29-22-31(42-2)32(43-3)23-30(29)37(24)40/h7-24,35-36H,1-6H3. The fraction of sp³-hybridized carbons (Fsp3) is 0.231. The van der Waals surface area contributed by atoms with Crippen LogP contribution >= 0.6 is 0 Å². The Morgan fingerprint density at radius 3 is 1.79 bits per heavy atom. The van der Waals surface area contributed by atoms with Gasteiger partial charge in [-0.15, -0.1) is 0 Å². The first-order chi connectivity index (χ1) is 22.8. The molecule has 3 unspecified atom stereocenters. The number of hydrogen-bond acceptors (Lipinski definition) is 8. The molecule has 0 saturated heterocycles. The number of allylic oxidation sites excluding steroid dienone is 1. The van der Waals surface area contributed by atoms with Crippen molar-refractivity contribution in [3.63, 3.8) is 0 Å². The molecule has 0 N–H and O–H groups in total. The first-order valence-electron chi connectivity index (χ1n) is 15.1. The van der Waals surface area contributed by atoms with Crippen molar-refractivity contribution >= 4 is 23.9 Å². The number of rotatable bonds is 11. The van der Waals surface area contributed by atoms with Crippen LogP contribution in [0.5, 0.6) is 28.7 Å². The van der Waals surface area contributed by atoms with E-state index >= 15 is 0 Å². The van der Waals surface area contributed by atoms with E-state index in [1.807, 2.05) is 66.7 Å². The molecule has 0 bridgehead atoms. The molecule has 4 aromatic carbocycles. The third-order valence-corrected chi connectivity index (χ3v) is 8.35. The molecule has 8 nitrogen and oxygen atoms in total. The summed E-state index contributed by atoms with van der Waals surface area (Å²) in [5.74, 6) is -0.722. The van der Waals surface area contributed by atoms with Crippen LogP contribution in [-0.2, 0) is 9.53 Å². The quantitative estimate of drug-likeness (QED) is 0.0947. The highest BCUT2D eigenvalue weighted by atomic mass is 16.5. The van der Waals surface area contributed by atoms with Crippen molar-refractivity contribution in [1.29, 1.82) is 0 Å². The molecule has 0 aliphatic heterocycles. The number of hydrogen-bond donors (Lipinski definition) is 0. The van der Waals surface area contributed by atoms with Crippen LogP contribution in [0.1, 0.15) is 45.5 Å². The maximum atomic E-state index is 14.5. The van der Waals surface area contributed by atoms with Gasteiger partial charge in [-0.1, -0.05) is 73.7 Å². The molecule has 5 rings (SSSR count). The van der Waals surface area contributed by atoms with Crippen LogP contribution in [0.3, 0.4) is 0 Å². The molecule has 4 aromatic rings. The van der Waals surface area contributed by atoms with Crippen LogP contribution < -0.4 is 23.7 Å². The molecule has 3 atom stereocenters. The maximum absolute atomic E-state index is 14.5. The summed E-state index contributed by atoms with van der Waals surface area (Å²) < 4.78 is 34.3. The molecular formula is C39H38O8. The van der Waals surface area contributed by atoms with Gasteiger partial charge in [-0.3, -0.25) is 9.59 Å². The molecule has 0 fully saturated rings. The minimum Gasteiger partial charge on any atom is -0.493 e. The molecule has 8 heteroatoms. The lowest BCUT2D eigenvalue weighted by atomic mass is 9.66. The van der Waals surface area contributed by atoms with E-state index in [2.05, 4.69) is 0 Å². The summed E-state index contributed by atoms with van der Waals surface area (Å²) in [6.45, 7) is 1.75. The molecule has 0 spiro atoms. The molecule has 0 amide bonds. The number of esters is 1. The van der Waals surface area contributed by atoms with Crippen LogP contribution in [0, 0.1) is 11.8 Å². The Hall–Kier alpha value is -5.50. The lowest BCUT2D eigenvalue weighted by molar-refractivity contribution is -0.145. The second-order valence-corrected chi connectivity index (χ2v) is 11.0. The van der Waals surface area contributed by atoms with Gasteiger partial charge in [0.05, 0.1) is 41.5 Å². The molecule has 1 aliphatic rings. The Bertz CT molecular complexity index is 1770. The topological polar surface area (TPSA) is 89.5 Å². The van der Waals surface area contributed by atoms with E-state index < -0.39 is 23.7 Å². The summed E-state index contributed by atoms with van der Waals surface area (Å²) in [6, 6.07) is 26.3. The van der Waals surface area contributed by atoms with Gasteiger partial charge in [-0.05, 0) is 58.7 Å². The number of carbonyl (C=O) groups excluding carboxylic acids is 2. The Kier molecular flexibility index (Phi) is 10.3. The smallest absolute Gasteiger partial charge is 0.316 e. The maximum Gasteiger partial charge on any atom is 0.316 e. The average Bonchev–Trinajstić information content (AvgIpc) is 3.11. The van der Waals surface area contributed by atoms with Crippen LogP contribution in [0.2, 0.25) is 0 Å². The van der Waals surface area contributed by atoms with E-state index in [4.69, 9.17) is 28.4 Å². The minimum absolute atomic E-state index is 0.208. The predicted molar refractivity (Wildman–Crippen MR) is 180 cm³/mol. The van der Waals surface area contributed by atoms with Crippen LogP contribution in [0.4, 0.5) is 0 Å². The van der Waals surface area contributed by atoms with Gasteiger partial charge in [0.1, 0.15) is 5.76 Å². The zero-order chi connectivity index (χ0) is 33.5. The highest BCUT2D eigenvalue weighted by Crippen LogP contribution is 2.50. The van der Waals surface area contributed by atoms with Gasteiger partial charge in [0.15, 0.2) is 28.8 Å². The lowest BCUT2D eigenvalue weighted by Gasteiger charge is -2.36. The van der Waals surface area contributed by atoms with Crippen molar-refractivity contribution in [2.45, 2.75) is 12.8 Å². The van der Waals surface area contributed by atoms with Crippen molar-refractivity contribution in [1.82, 2.24) is 0 Å². The molecule has 1 aliphatic carbocycles. The van der Waals surface area contributed by atoms with E-state index in [-0.39, 0.29) is 5.78 Å². The number of carbonyl (C=O) groups is 2. The molecule has 242 valence electrons. The number of Topliss-reactive ketones (excluding diaryl/α,β-unsaturated/α-hetero) is 1. The van der Waals surface area contributed by atoms with E-state index in [1.165, 1.54) is 35.5 Å². The third kappa shape index (κ3) is 6.87. The van der Waals surface area contributed by atoms with Crippen molar-refractivity contribution in [2.75, 3.05) is 35.5 Å². The van der Waals surface area contributed by atoms with Gasteiger partial charge in [0.2, 0.25) is 5.75 Å². The first kappa shape index (κ1) is 32.9. The Morgan fingerprint density at radius 2 is 1.23 bits per heavy atom. The number of methoxy groups -OCH3 is 5. The zero-order valence-corrected chi connectivity index (χ0v) is 27.3. The fourth-order valence-electron chi connectivity index (χ4n) is 6.02. The van der Waals surface area contributed by atoms with E-state index in [1.54, 1.807) is 43.3 Å². The van der Waals surface area contributed by atoms with Crippen LogP contribution in [-0.4, -0.2) is 47.3 Å². The Labute approximate surface area is 275 Å². The highest BCUT2D eigenvalue weighted by molar-refractivity contribution is 6.04. The monoisotopic (exact) mass is 634 g/mol. The summed E-state index contributed by atoms with van der Waals surface area (Å²) in [5, 5.41) is 0. The molecule has 0 aromatic heterocycles. The lowest BCUT2D eigenvalue weighted by Crippen LogP contribution is -2.39. The number of ketones is 1. The summed E-state index contributed by atoms with van der Waals surface area (Å²) >= 11 is 0. The predicted octanol–water partition coefficient (Wildman–Crippen LogP) is 7.61. The van der Waals surface area contributed by atoms with Gasteiger partial charge in [-0.25, -0.2) is 0 Å². The largest absolute Gasteiger partial charge is 0.493 e. The molecule has 47 heavy (non-hydrogen) atoms. The Balaban J connectivity index is 1.67. The summed E-state index contributed by atoms with van der Waals surface area (Å²) in [7, 11) is 7.62. The normalized spacial score (nSPS) is 17.5. The average molecular weight is 635 g/mol. The van der Waals surface area contributed by atoms with Crippen molar-refractivity contribution in [3.8, 4) is 28.7 Å². The SMILES string of the molecule is COc1cc2c(cc1OC)C(c1cc(OC)c(OC)c(OC)c1)C(C(=O)OC(C=Cc1ccccc1)=Cc1ccccc1)C(C)C2=O. The van der Waals surface area contributed by atoms with Crippen LogP contribution in [0.25, 0.3) is 12.2 Å². The minimum atomic E-state index is -0.930. The van der Waals surface area contributed by atoms with E-state index in [0.29, 0.717) is 51.2 Å². The van der Waals surface area contributed by atoms with Gasteiger partial charge < -0.3 is 28.4 Å². The van der Waals surface area contributed by atoms with Crippen molar-refractivity contribution in [2.24, 2.45) is 11.8 Å². The second kappa shape index (κ2) is 14.7. The van der Waals surface area contributed by atoms with Gasteiger partial charge >= 0.3 is 5.97 Å². The summed E-state index contributed by atoms with van der Waals surface area (Å²) in [6.07, 6.45) is 5.43. The molecule has 0 radical (unpaired) electrons. The van der Waals surface area contributed by atoms with E-state index in [0.717, 1.165) is 11.1 Å². The molecular weight excluding hydrogens is 596 g/mol. The van der Waals surface area contributed by atoms with Gasteiger partial charge in [0.25, 0.3) is 0 Å².